The second kappa shape index (κ2) is 8.31. The Labute approximate surface area is 127 Å². The number of hydrogen-bond acceptors (Lipinski definition) is 4. The summed E-state index contributed by atoms with van der Waals surface area (Å²) in [5.74, 6) is -1.24. The molecule has 7 heteroatoms. The van der Waals surface area contributed by atoms with Gasteiger partial charge in [0.2, 0.25) is 11.8 Å². The highest BCUT2D eigenvalue weighted by Gasteiger charge is 2.18. The zero-order chi connectivity index (χ0) is 15.8. The van der Waals surface area contributed by atoms with Crippen LogP contribution in [0.2, 0.25) is 0 Å². The van der Waals surface area contributed by atoms with Gasteiger partial charge in [-0.3, -0.25) is 14.4 Å². The smallest absolute Gasteiger partial charge is 0.323 e. The number of rotatable bonds is 8. The first-order valence-electron chi connectivity index (χ1n) is 6.35. The van der Waals surface area contributed by atoms with Gasteiger partial charge in [0.05, 0.1) is 5.75 Å². The van der Waals surface area contributed by atoms with Crippen LogP contribution in [0, 0.1) is 6.92 Å². The molecule has 0 saturated carbocycles. The number of aryl methyl sites for hydroxylation is 1. The fraction of sp³-hybridized carbons (Fsp3) is 0.357. The maximum Gasteiger partial charge on any atom is 0.323 e. The second-order valence-electron chi connectivity index (χ2n) is 4.48. The lowest BCUT2D eigenvalue weighted by Gasteiger charge is -2.21. The van der Waals surface area contributed by atoms with E-state index in [4.69, 9.17) is 10.8 Å². The lowest BCUT2D eigenvalue weighted by atomic mass is 10.2. The average Bonchev–Trinajstić information content (AvgIpc) is 2.41. The molecule has 0 unspecified atom stereocenters. The highest BCUT2D eigenvalue weighted by atomic mass is 32.2. The Hall–Kier alpha value is -2.02. The molecule has 114 valence electrons. The van der Waals surface area contributed by atoms with Crippen molar-refractivity contribution in [1.82, 2.24) is 0 Å². The van der Waals surface area contributed by atoms with Gasteiger partial charge in [-0.25, -0.2) is 0 Å². The van der Waals surface area contributed by atoms with Crippen molar-refractivity contribution in [3.8, 4) is 0 Å². The number of carbonyl (C=O) groups excluding carboxylic acids is 2. The standard InChI is InChI=1S/C14H18N2O4S/c1-10-2-4-11(5-3-10)16(8-14(19)20)13(18)6-7-21-9-12(15)17/h2-5H,6-9H2,1H3,(H2,15,17)(H,19,20). The van der Waals surface area contributed by atoms with Crippen molar-refractivity contribution in [3.63, 3.8) is 0 Å². The number of benzene rings is 1. The molecule has 0 aliphatic heterocycles. The molecule has 0 atom stereocenters. The number of carboxylic acids is 1. The summed E-state index contributed by atoms with van der Waals surface area (Å²) in [5, 5.41) is 8.93. The molecule has 0 aromatic heterocycles. The average molecular weight is 310 g/mol. The van der Waals surface area contributed by atoms with Crippen LogP contribution in [0.5, 0.6) is 0 Å². The van der Waals surface area contributed by atoms with Crippen LogP contribution >= 0.6 is 11.8 Å². The summed E-state index contributed by atoms with van der Waals surface area (Å²) in [6.45, 7) is 1.52. The van der Waals surface area contributed by atoms with Crippen LogP contribution in [-0.2, 0) is 14.4 Å². The van der Waals surface area contributed by atoms with Gasteiger partial charge in [-0.05, 0) is 19.1 Å². The number of hydrogen-bond donors (Lipinski definition) is 2. The largest absolute Gasteiger partial charge is 0.480 e. The fourth-order valence-electron chi connectivity index (χ4n) is 1.65. The summed E-state index contributed by atoms with van der Waals surface area (Å²) >= 11 is 1.25. The molecule has 0 spiro atoms. The van der Waals surface area contributed by atoms with E-state index in [1.54, 1.807) is 12.1 Å². The molecule has 0 saturated heterocycles. The van der Waals surface area contributed by atoms with Crippen LogP contribution in [0.15, 0.2) is 24.3 Å². The maximum atomic E-state index is 12.1. The summed E-state index contributed by atoms with van der Waals surface area (Å²) in [4.78, 5) is 34.9. The molecule has 1 rings (SSSR count). The Balaban J connectivity index is 2.68. The predicted octanol–water partition coefficient (Wildman–Crippen LogP) is 1.02. The highest BCUT2D eigenvalue weighted by Crippen LogP contribution is 2.17. The van der Waals surface area contributed by atoms with Crippen molar-refractivity contribution < 1.29 is 19.5 Å². The molecule has 6 nitrogen and oxygen atoms in total. The molecule has 3 N–H and O–H groups in total. The first kappa shape index (κ1) is 17.0. The Morgan fingerprint density at radius 3 is 2.38 bits per heavy atom. The predicted molar refractivity (Wildman–Crippen MR) is 82.3 cm³/mol. The zero-order valence-corrected chi connectivity index (χ0v) is 12.6. The normalized spacial score (nSPS) is 10.1. The zero-order valence-electron chi connectivity index (χ0n) is 11.7. The Kier molecular flexibility index (Phi) is 6.74. The van der Waals surface area contributed by atoms with E-state index in [1.165, 1.54) is 16.7 Å². The van der Waals surface area contributed by atoms with Gasteiger partial charge in [0, 0.05) is 17.9 Å². The Bertz CT molecular complexity index is 516. The number of aliphatic carboxylic acids is 1. The lowest BCUT2D eigenvalue weighted by Crippen LogP contribution is -2.36. The van der Waals surface area contributed by atoms with Gasteiger partial charge in [0.1, 0.15) is 6.54 Å². The van der Waals surface area contributed by atoms with Gasteiger partial charge >= 0.3 is 5.97 Å². The number of amides is 2. The minimum absolute atomic E-state index is 0.150. The van der Waals surface area contributed by atoms with Crippen LogP contribution in [0.25, 0.3) is 0 Å². The number of carbonyl (C=O) groups is 3. The molecular formula is C14H18N2O4S. The monoisotopic (exact) mass is 310 g/mol. The summed E-state index contributed by atoms with van der Waals surface area (Å²) < 4.78 is 0. The van der Waals surface area contributed by atoms with Gasteiger partial charge in [0.15, 0.2) is 0 Å². The quantitative estimate of drug-likeness (QED) is 0.698. The third-order valence-electron chi connectivity index (χ3n) is 2.64. The SMILES string of the molecule is Cc1ccc(N(CC(=O)O)C(=O)CCSCC(N)=O)cc1. The van der Waals surface area contributed by atoms with E-state index in [0.717, 1.165) is 5.56 Å². The summed E-state index contributed by atoms with van der Waals surface area (Å²) in [6.07, 6.45) is 0.152. The fourth-order valence-corrected chi connectivity index (χ4v) is 2.32. The van der Waals surface area contributed by atoms with E-state index in [0.29, 0.717) is 11.4 Å². The van der Waals surface area contributed by atoms with E-state index in [2.05, 4.69) is 0 Å². The first-order valence-corrected chi connectivity index (χ1v) is 7.50. The molecule has 0 fully saturated rings. The van der Waals surface area contributed by atoms with Crippen LogP contribution in [0.4, 0.5) is 5.69 Å². The first-order chi connectivity index (χ1) is 9.90. The van der Waals surface area contributed by atoms with Gasteiger partial charge < -0.3 is 15.7 Å². The van der Waals surface area contributed by atoms with Gasteiger partial charge in [-0.2, -0.15) is 11.8 Å². The number of anilines is 1. The van der Waals surface area contributed by atoms with Crippen molar-refractivity contribution in [1.29, 1.82) is 0 Å². The van der Waals surface area contributed by atoms with Gasteiger partial charge in [-0.1, -0.05) is 17.7 Å². The number of carboxylic acid groups (broad SMARTS) is 1. The molecule has 21 heavy (non-hydrogen) atoms. The maximum absolute atomic E-state index is 12.1. The highest BCUT2D eigenvalue weighted by molar-refractivity contribution is 7.99. The molecular weight excluding hydrogens is 292 g/mol. The summed E-state index contributed by atoms with van der Waals surface area (Å²) in [6, 6.07) is 7.07. The lowest BCUT2D eigenvalue weighted by molar-refractivity contribution is -0.136. The van der Waals surface area contributed by atoms with E-state index >= 15 is 0 Å². The third-order valence-corrected chi connectivity index (χ3v) is 3.63. The van der Waals surface area contributed by atoms with Crippen molar-refractivity contribution in [2.24, 2.45) is 5.73 Å². The molecule has 0 radical (unpaired) electrons. The topological polar surface area (TPSA) is 101 Å². The molecule has 0 heterocycles. The van der Waals surface area contributed by atoms with Gasteiger partial charge in [0.25, 0.3) is 0 Å². The van der Waals surface area contributed by atoms with Crippen molar-refractivity contribution >= 4 is 35.2 Å². The Morgan fingerprint density at radius 2 is 1.86 bits per heavy atom. The Morgan fingerprint density at radius 1 is 1.24 bits per heavy atom. The molecule has 1 aromatic carbocycles. The van der Waals surface area contributed by atoms with E-state index in [1.807, 2.05) is 19.1 Å². The van der Waals surface area contributed by atoms with Gasteiger partial charge in [-0.15, -0.1) is 0 Å². The minimum atomic E-state index is -1.08. The van der Waals surface area contributed by atoms with Crippen molar-refractivity contribution in [3.05, 3.63) is 29.8 Å². The number of primary amides is 1. The van der Waals surface area contributed by atoms with Crippen LogP contribution in [0.1, 0.15) is 12.0 Å². The van der Waals surface area contributed by atoms with E-state index < -0.39 is 11.9 Å². The molecule has 1 aromatic rings. The number of nitrogens with two attached hydrogens (primary N) is 1. The summed E-state index contributed by atoms with van der Waals surface area (Å²) in [7, 11) is 0. The van der Waals surface area contributed by atoms with Crippen LogP contribution in [-0.4, -0.2) is 40.9 Å². The van der Waals surface area contributed by atoms with Crippen molar-refractivity contribution in [2.75, 3.05) is 23.0 Å². The number of thioether (sulfide) groups is 1. The second-order valence-corrected chi connectivity index (χ2v) is 5.58. The molecule has 0 aliphatic carbocycles. The van der Waals surface area contributed by atoms with Crippen LogP contribution < -0.4 is 10.6 Å². The molecule has 0 bridgehead atoms. The number of nitrogens with zero attached hydrogens (tertiary/aromatic N) is 1. The van der Waals surface area contributed by atoms with E-state index in [-0.39, 0.29) is 24.6 Å². The molecule has 0 aliphatic rings. The van der Waals surface area contributed by atoms with Crippen molar-refractivity contribution in [2.45, 2.75) is 13.3 Å². The van der Waals surface area contributed by atoms with E-state index in [9.17, 15) is 14.4 Å². The third kappa shape index (κ3) is 6.31. The van der Waals surface area contributed by atoms with Crippen LogP contribution in [0.3, 0.4) is 0 Å². The molecule has 2 amide bonds. The summed E-state index contributed by atoms with van der Waals surface area (Å²) in [5.41, 5.74) is 6.58. The minimum Gasteiger partial charge on any atom is -0.480 e.